The molecule has 1 aliphatic rings. The van der Waals surface area contributed by atoms with Crippen LogP contribution in [0, 0.1) is 28.8 Å². The summed E-state index contributed by atoms with van der Waals surface area (Å²) in [7, 11) is 0. The molecular formula is C18H12F3N3O2. The van der Waals surface area contributed by atoms with Gasteiger partial charge in [0.15, 0.2) is 5.41 Å². The SMILES string of the molecule is CC1(C#N)C(=O)Nc2cc(C(=O)NCc3c(F)cc(F)cc3F)ccc21. The first kappa shape index (κ1) is 17.5. The third kappa shape index (κ3) is 2.77. The molecule has 0 aliphatic carbocycles. The number of nitrogens with zero attached hydrogens (tertiary/aromatic N) is 1. The number of nitrogens with one attached hydrogen (secondary N) is 2. The Morgan fingerprint density at radius 2 is 1.88 bits per heavy atom. The number of carbonyl (C=O) groups is 2. The number of halogens is 3. The quantitative estimate of drug-likeness (QED) is 0.884. The minimum atomic E-state index is -1.34. The second-order valence-corrected chi connectivity index (χ2v) is 5.98. The van der Waals surface area contributed by atoms with Crippen LogP contribution in [0.1, 0.15) is 28.4 Å². The third-order valence-electron chi connectivity index (χ3n) is 4.28. The monoisotopic (exact) mass is 359 g/mol. The zero-order valence-corrected chi connectivity index (χ0v) is 13.5. The van der Waals surface area contributed by atoms with Crippen molar-refractivity contribution < 1.29 is 22.8 Å². The summed E-state index contributed by atoms with van der Waals surface area (Å²) < 4.78 is 40.1. The van der Waals surface area contributed by atoms with Gasteiger partial charge in [-0.15, -0.1) is 0 Å². The first-order chi connectivity index (χ1) is 12.3. The fourth-order valence-electron chi connectivity index (χ4n) is 2.72. The van der Waals surface area contributed by atoms with Crippen LogP contribution in [0.2, 0.25) is 0 Å². The molecule has 3 rings (SSSR count). The number of anilines is 1. The number of amides is 2. The summed E-state index contributed by atoms with van der Waals surface area (Å²) in [6.07, 6.45) is 0. The van der Waals surface area contributed by atoms with Gasteiger partial charge in [-0.2, -0.15) is 5.26 Å². The van der Waals surface area contributed by atoms with Gasteiger partial charge in [0, 0.05) is 41.1 Å². The molecule has 0 aromatic heterocycles. The lowest BCUT2D eigenvalue weighted by atomic mass is 9.85. The van der Waals surface area contributed by atoms with Crippen LogP contribution in [-0.2, 0) is 16.8 Å². The number of carbonyl (C=O) groups excluding carboxylic acids is 2. The van der Waals surface area contributed by atoms with Crippen LogP contribution in [0.25, 0.3) is 0 Å². The Labute approximate surface area is 146 Å². The van der Waals surface area contributed by atoms with Gasteiger partial charge in [0.2, 0.25) is 5.91 Å². The van der Waals surface area contributed by atoms with Crippen molar-refractivity contribution in [3.8, 4) is 6.07 Å². The van der Waals surface area contributed by atoms with Crippen LogP contribution in [-0.4, -0.2) is 11.8 Å². The van der Waals surface area contributed by atoms with Gasteiger partial charge in [-0.05, 0) is 19.1 Å². The average molecular weight is 359 g/mol. The van der Waals surface area contributed by atoms with Crippen LogP contribution in [0.4, 0.5) is 18.9 Å². The lowest BCUT2D eigenvalue weighted by Crippen LogP contribution is -2.28. The molecule has 1 aliphatic heterocycles. The highest BCUT2D eigenvalue weighted by atomic mass is 19.1. The summed E-state index contributed by atoms with van der Waals surface area (Å²) in [6.45, 7) is 0.990. The summed E-state index contributed by atoms with van der Waals surface area (Å²) in [4.78, 5) is 24.1. The Hall–Kier alpha value is -3.34. The fraction of sp³-hybridized carbons (Fsp3) is 0.167. The Morgan fingerprint density at radius 3 is 2.50 bits per heavy atom. The maximum Gasteiger partial charge on any atom is 0.251 e. The third-order valence-corrected chi connectivity index (χ3v) is 4.28. The van der Waals surface area contributed by atoms with E-state index in [0.717, 1.165) is 0 Å². The van der Waals surface area contributed by atoms with Crippen molar-refractivity contribution in [1.29, 1.82) is 5.26 Å². The van der Waals surface area contributed by atoms with Gasteiger partial charge in [0.25, 0.3) is 5.91 Å². The van der Waals surface area contributed by atoms with Crippen molar-refractivity contribution in [1.82, 2.24) is 5.32 Å². The van der Waals surface area contributed by atoms with Gasteiger partial charge in [-0.1, -0.05) is 6.07 Å². The molecule has 0 radical (unpaired) electrons. The second kappa shape index (κ2) is 6.19. The first-order valence-corrected chi connectivity index (χ1v) is 7.55. The number of fused-ring (bicyclic) bond motifs is 1. The predicted octanol–water partition coefficient (Wildman–Crippen LogP) is 2.77. The predicted molar refractivity (Wildman–Crippen MR) is 85.5 cm³/mol. The number of benzene rings is 2. The molecule has 132 valence electrons. The standard InChI is InChI=1S/C18H12F3N3O2/c1-18(8-22)12-3-2-9(4-15(12)24-17(18)26)16(25)23-7-11-13(20)5-10(19)6-14(11)21/h2-6H,7H2,1H3,(H,23,25)(H,24,26). The van der Waals surface area contributed by atoms with E-state index in [4.69, 9.17) is 0 Å². The topological polar surface area (TPSA) is 82.0 Å². The molecule has 2 N–H and O–H groups in total. The second-order valence-electron chi connectivity index (χ2n) is 5.98. The molecule has 0 saturated carbocycles. The summed E-state index contributed by atoms with van der Waals surface area (Å²) >= 11 is 0. The molecule has 8 heteroatoms. The van der Waals surface area contributed by atoms with Gasteiger partial charge in [0.1, 0.15) is 17.5 Å². The molecule has 0 fully saturated rings. The molecule has 0 saturated heterocycles. The lowest BCUT2D eigenvalue weighted by Gasteiger charge is -2.12. The summed E-state index contributed by atoms with van der Waals surface area (Å²) in [6, 6.07) is 7.24. The van der Waals surface area contributed by atoms with Crippen molar-refractivity contribution in [2.45, 2.75) is 18.9 Å². The molecule has 0 spiro atoms. The van der Waals surface area contributed by atoms with Crippen LogP contribution >= 0.6 is 0 Å². The molecule has 2 aromatic carbocycles. The Balaban J connectivity index is 1.80. The van der Waals surface area contributed by atoms with E-state index in [0.29, 0.717) is 23.4 Å². The minimum Gasteiger partial charge on any atom is -0.348 e. The highest BCUT2D eigenvalue weighted by molar-refractivity contribution is 6.09. The Morgan fingerprint density at radius 1 is 1.23 bits per heavy atom. The summed E-state index contributed by atoms with van der Waals surface area (Å²) in [5.74, 6) is -4.40. The number of rotatable bonds is 3. The summed E-state index contributed by atoms with van der Waals surface area (Å²) in [5, 5.41) is 14.1. The number of hydrogen-bond donors (Lipinski definition) is 2. The molecule has 1 atom stereocenters. The average Bonchev–Trinajstić information content (AvgIpc) is 2.84. The van der Waals surface area contributed by atoms with E-state index in [1.165, 1.54) is 25.1 Å². The molecule has 1 heterocycles. The lowest BCUT2D eigenvalue weighted by molar-refractivity contribution is -0.118. The van der Waals surface area contributed by atoms with E-state index >= 15 is 0 Å². The summed E-state index contributed by atoms with van der Waals surface area (Å²) in [5.41, 5.74) is -0.909. The largest absolute Gasteiger partial charge is 0.348 e. The van der Waals surface area contributed by atoms with E-state index in [-0.39, 0.29) is 5.56 Å². The van der Waals surface area contributed by atoms with Gasteiger partial charge in [-0.3, -0.25) is 9.59 Å². The van der Waals surface area contributed by atoms with Gasteiger partial charge >= 0.3 is 0 Å². The van der Waals surface area contributed by atoms with Crippen LogP contribution in [0.5, 0.6) is 0 Å². The van der Waals surface area contributed by atoms with Crippen molar-refractivity contribution in [2.75, 3.05) is 5.32 Å². The smallest absolute Gasteiger partial charge is 0.251 e. The van der Waals surface area contributed by atoms with Gasteiger partial charge < -0.3 is 10.6 Å². The van der Waals surface area contributed by atoms with E-state index < -0.39 is 46.8 Å². The molecule has 1 unspecified atom stereocenters. The normalized spacial score (nSPS) is 18.0. The zero-order chi connectivity index (χ0) is 19.1. The highest BCUT2D eigenvalue weighted by Crippen LogP contribution is 2.37. The fourth-order valence-corrected chi connectivity index (χ4v) is 2.72. The highest BCUT2D eigenvalue weighted by Gasteiger charge is 2.43. The molecule has 26 heavy (non-hydrogen) atoms. The molecule has 0 bridgehead atoms. The Bertz CT molecular complexity index is 961. The zero-order valence-electron chi connectivity index (χ0n) is 13.5. The molecule has 5 nitrogen and oxygen atoms in total. The van der Waals surface area contributed by atoms with Crippen LogP contribution < -0.4 is 10.6 Å². The van der Waals surface area contributed by atoms with E-state index in [1.54, 1.807) is 0 Å². The maximum atomic E-state index is 13.6. The molecule has 2 amide bonds. The molecule has 2 aromatic rings. The number of nitriles is 1. The van der Waals surface area contributed by atoms with Crippen molar-refractivity contribution >= 4 is 17.5 Å². The van der Waals surface area contributed by atoms with E-state index in [9.17, 15) is 28.0 Å². The van der Waals surface area contributed by atoms with Gasteiger partial charge in [-0.25, -0.2) is 13.2 Å². The van der Waals surface area contributed by atoms with E-state index in [2.05, 4.69) is 10.6 Å². The van der Waals surface area contributed by atoms with Crippen molar-refractivity contribution in [2.24, 2.45) is 0 Å². The number of hydrogen-bond acceptors (Lipinski definition) is 3. The van der Waals surface area contributed by atoms with Gasteiger partial charge in [0.05, 0.1) is 6.07 Å². The van der Waals surface area contributed by atoms with Crippen molar-refractivity contribution in [3.05, 3.63) is 64.5 Å². The first-order valence-electron chi connectivity index (χ1n) is 7.55. The van der Waals surface area contributed by atoms with E-state index in [1.807, 2.05) is 6.07 Å². The van der Waals surface area contributed by atoms with Crippen LogP contribution in [0.15, 0.2) is 30.3 Å². The minimum absolute atomic E-state index is 0.133. The maximum absolute atomic E-state index is 13.6. The van der Waals surface area contributed by atoms with Crippen LogP contribution in [0.3, 0.4) is 0 Å². The van der Waals surface area contributed by atoms with Crippen molar-refractivity contribution in [3.63, 3.8) is 0 Å². The molecular weight excluding hydrogens is 347 g/mol. The Kier molecular flexibility index (Phi) is 4.16.